The Kier molecular flexibility index (Phi) is 3.54. The molecule has 0 bridgehead atoms. The molecule has 4 rings (SSSR count). The van der Waals surface area contributed by atoms with E-state index in [2.05, 4.69) is 4.72 Å². The van der Waals surface area contributed by atoms with Crippen molar-refractivity contribution in [2.24, 2.45) is 7.05 Å². The van der Waals surface area contributed by atoms with Crippen LogP contribution in [0.3, 0.4) is 0 Å². The molecule has 1 N–H and O–H groups in total. The predicted molar refractivity (Wildman–Crippen MR) is 94.6 cm³/mol. The van der Waals surface area contributed by atoms with Gasteiger partial charge < -0.3 is 9.30 Å². The number of carbonyl (C=O) groups is 1. The maximum atomic E-state index is 13.0. The lowest BCUT2D eigenvalue weighted by Crippen LogP contribution is -2.19. The van der Waals surface area contributed by atoms with Gasteiger partial charge in [-0.2, -0.15) is 0 Å². The van der Waals surface area contributed by atoms with Crippen LogP contribution in [0.1, 0.15) is 16.8 Å². The molecular formula is C18H16N2O4S. The third kappa shape index (κ3) is 2.56. The minimum atomic E-state index is -3.85. The van der Waals surface area contributed by atoms with Gasteiger partial charge in [-0.1, -0.05) is 18.2 Å². The number of ether oxygens (including phenoxy) is 1. The van der Waals surface area contributed by atoms with Gasteiger partial charge in [-0.3, -0.25) is 9.52 Å². The highest BCUT2D eigenvalue weighted by atomic mass is 32.2. The lowest BCUT2D eigenvalue weighted by atomic mass is 10.0. The summed E-state index contributed by atoms with van der Waals surface area (Å²) in [5.74, 6) is 0.244. The maximum Gasteiger partial charge on any atom is 0.264 e. The molecule has 7 heteroatoms. The molecule has 25 heavy (non-hydrogen) atoms. The highest BCUT2D eigenvalue weighted by Gasteiger charge is 2.25. The fraction of sp³-hybridized carbons (Fsp3) is 0.167. The Labute approximate surface area is 145 Å². The molecule has 0 spiro atoms. The van der Waals surface area contributed by atoms with Gasteiger partial charge in [0.15, 0.2) is 11.5 Å². The van der Waals surface area contributed by atoms with Crippen molar-refractivity contribution in [2.75, 3.05) is 11.3 Å². The first-order valence-electron chi connectivity index (χ1n) is 7.83. The van der Waals surface area contributed by atoms with Crippen LogP contribution < -0.4 is 9.46 Å². The van der Waals surface area contributed by atoms with E-state index in [9.17, 15) is 13.2 Å². The quantitative estimate of drug-likeness (QED) is 0.783. The second kappa shape index (κ2) is 5.63. The van der Waals surface area contributed by atoms with E-state index in [0.717, 1.165) is 5.39 Å². The molecule has 0 radical (unpaired) electrons. The molecular weight excluding hydrogens is 340 g/mol. The first-order valence-corrected chi connectivity index (χ1v) is 9.31. The first kappa shape index (κ1) is 15.7. The number of sulfonamides is 1. The lowest BCUT2D eigenvalue weighted by molar-refractivity contribution is 0.0934. The topological polar surface area (TPSA) is 77.4 Å². The number of benzene rings is 2. The summed E-state index contributed by atoms with van der Waals surface area (Å²) in [6.45, 7) is 0.248. The van der Waals surface area contributed by atoms with E-state index in [0.29, 0.717) is 23.3 Å². The van der Waals surface area contributed by atoms with Crippen molar-refractivity contribution in [1.82, 2.24) is 4.57 Å². The number of hydrogen-bond acceptors (Lipinski definition) is 4. The fourth-order valence-electron chi connectivity index (χ4n) is 3.11. The molecule has 128 valence electrons. The zero-order valence-corrected chi connectivity index (χ0v) is 14.3. The van der Waals surface area contributed by atoms with Crippen molar-refractivity contribution in [2.45, 2.75) is 11.3 Å². The predicted octanol–water partition coefficient (Wildman–Crippen LogP) is 2.94. The largest absolute Gasteiger partial charge is 0.490 e. The van der Waals surface area contributed by atoms with Crippen LogP contribution in [0.2, 0.25) is 0 Å². The molecule has 0 unspecified atom stereocenters. The van der Waals surface area contributed by atoms with Crippen LogP contribution >= 0.6 is 0 Å². The van der Waals surface area contributed by atoms with E-state index < -0.39 is 10.0 Å². The standard InChI is InChI=1S/C18H16N2O4S/c1-20-10-8-12-4-2-7-16(17(12)20)25(22,23)19-14-6-3-5-13-15(21)9-11-24-18(13)14/h2-8,10,19H,9,11H2,1H3. The van der Waals surface area contributed by atoms with Crippen LogP contribution in [-0.2, 0) is 17.1 Å². The Hall–Kier alpha value is -2.80. The molecule has 6 nitrogen and oxygen atoms in total. The lowest BCUT2D eigenvalue weighted by Gasteiger charge is -2.20. The Morgan fingerprint density at radius 2 is 1.92 bits per heavy atom. The number of Topliss-reactive ketones (excluding diaryl/α,β-unsaturated/α-hetero) is 1. The summed E-state index contributed by atoms with van der Waals surface area (Å²) >= 11 is 0. The summed E-state index contributed by atoms with van der Waals surface area (Å²) in [5.41, 5.74) is 1.30. The van der Waals surface area contributed by atoms with Crippen molar-refractivity contribution in [3.05, 3.63) is 54.2 Å². The van der Waals surface area contributed by atoms with Crippen molar-refractivity contribution in [1.29, 1.82) is 0 Å². The number of anilines is 1. The van der Waals surface area contributed by atoms with Crippen molar-refractivity contribution < 1.29 is 17.9 Å². The zero-order valence-electron chi connectivity index (χ0n) is 13.5. The molecule has 2 aromatic carbocycles. The summed E-state index contributed by atoms with van der Waals surface area (Å²) in [6.07, 6.45) is 2.11. The summed E-state index contributed by atoms with van der Waals surface area (Å²) in [5, 5.41) is 0.840. The molecule has 0 amide bonds. The summed E-state index contributed by atoms with van der Waals surface area (Å²) in [6, 6.07) is 11.9. The minimum absolute atomic E-state index is 0.0492. The molecule has 1 aliphatic heterocycles. The van der Waals surface area contributed by atoms with Crippen LogP contribution in [0.25, 0.3) is 10.9 Å². The highest BCUT2D eigenvalue weighted by Crippen LogP contribution is 2.35. The number of aromatic nitrogens is 1. The van der Waals surface area contributed by atoms with E-state index in [1.165, 1.54) is 0 Å². The van der Waals surface area contributed by atoms with E-state index in [1.54, 1.807) is 41.9 Å². The van der Waals surface area contributed by atoms with Gasteiger partial charge in [0.1, 0.15) is 4.90 Å². The molecule has 1 aliphatic rings. The number of rotatable bonds is 3. The first-order chi connectivity index (χ1) is 12.0. The van der Waals surface area contributed by atoms with Crippen LogP contribution in [-0.4, -0.2) is 25.4 Å². The van der Waals surface area contributed by atoms with Crippen molar-refractivity contribution in [3.63, 3.8) is 0 Å². The number of nitrogens with one attached hydrogen (secondary N) is 1. The number of ketones is 1. The average molecular weight is 356 g/mol. The van der Waals surface area contributed by atoms with Gasteiger partial charge in [0, 0.05) is 25.1 Å². The third-order valence-electron chi connectivity index (χ3n) is 4.29. The molecule has 1 aromatic heterocycles. The Morgan fingerprint density at radius 1 is 1.12 bits per heavy atom. The number of fused-ring (bicyclic) bond motifs is 2. The van der Waals surface area contributed by atoms with E-state index in [1.807, 2.05) is 18.3 Å². The van der Waals surface area contributed by atoms with Crippen LogP contribution in [0, 0.1) is 0 Å². The molecule has 2 heterocycles. The van der Waals surface area contributed by atoms with Gasteiger partial charge in [-0.05, 0) is 24.3 Å². The van der Waals surface area contributed by atoms with E-state index >= 15 is 0 Å². The monoisotopic (exact) mass is 356 g/mol. The van der Waals surface area contributed by atoms with Gasteiger partial charge >= 0.3 is 0 Å². The smallest absolute Gasteiger partial charge is 0.264 e. The molecule has 0 saturated heterocycles. The van der Waals surface area contributed by atoms with Crippen molar-refractivity contribution in [3.8, 4) is 5.75 Å². The van der Waals surface area contributed by atoms with Crippen molar-refractivity contribution >= 4 is 32.4 Å². The minimum Gasteiger partial charge on any atom is -0.490 e. The Bertz CT molecular complexity index is 1100. The number of para-hydroxylation sites is 2. The number of aryl methyl sites for hydroxylation is 1. The average Bonchev–Trinajstić information content (AvgIpc) is 2.97. The molecule has 0 fully saturated rings. The molecule has 0 aliphatic carbocycles. The maximum absolute atomic E-state index is 13.0. The van der Waals surface area contributed by atoms with Gasteiger partial charge in [-0.15, -0.1) is 0 Å². The summed E-state index contributed by atoms with van der Waals surface area (Å²) in [4.78, 5) is 12.2. The van der Waals surface area contributed by atoms with Crippen LogP contribution in [0.5, 0.6) is 5.75 Å². The zero-order chi connectivity index (χ0) is 17.6. The number of nitrogens with zero attached hydrogens (tertiary/aromatic N) is 1. The van der Waals surface area contributed by atoms with Gasteiger partial charge in [0.05, 0.1) is 23.4 Å². The molecule has 0 atom stereocenters. The Balaban J connectivity index is 1.82. The second-order valence-electron chi connectivity index (χ2n) is 5.93. The van der Waals surface area contributed by atoms with Crippen LogP contribution in [0.4, 0.5) is 5.69 Å². The van der Waals surface area contributed by atoms with E-state index in [-0.39, 0.29) is 23.0 Å². The normalized spacial score (nSPS) is 14.2. The third-order valence-corrected chi connectivity index (χ3v) is 5.68. The molecule has 3 aromatic rings. The van der Waals surface area contributed by atoms with E-state index in [4.69, 9.17) is 4.74 Å². The summed E-state index contributed by atoms with van der Waals surface area (Å²) in [7, 11) is -2.05. The SMILES string of the molecule is Cn1ccc2cccc(S(=O)(=O)Nc3cccc4c3OCCC4=O)c21. The van der Waals surface area contributed by atoms with Gasteiger partial charge in [0.25, 0.3) is 10.0 Å². The van der Waals surface area contributed by atoms with Gasteiger partial charge in [-0.25, -0.2) is 8.42 Å². The molecule has 0 saturated carbocycles. The fourth-order valence-corrected chi connectivity index (χ4v) is 4.44. The van der Waals surface area contributed by atoms with Gasteiger partial charge in [0.2, 0.25) is 0 Å². The number of carbonyl (C=O) groups excluding carboxylic acids is 1. The number of hydrogen-bond donors (Lipinski definition) is 1. The second-order valence-corrected chi connectivity index (χ2v) is 7.58. The van der Waals surface area contributed by atoms with Crippen LogP contribution in [0.15, 0.2) is 53.6 Å². The summed E-state index contributed by atoms with van der Waals surface area (Å²) < 4.78 is 35.8. The highest BCUT2D eigenvalue weighted by molar-refractivity contribution is 7.93. The Morgan fingerprint density at radius 3 is 2.76 bits per heavy atom.